The molecule has 6 heteroatoms. The molecule has 0 fully saturated rings. The van der Waals surface area contributed by atoms with Crippen molar-refractivity contribution in [1.29, 1.82) is 0 Å². The maximum absolute atomic E-state index is 10.3. The summed E-state index contributed by atoms with van der Waals surface area (Å²) in [6.07, 6.45) is 1.76. The second-order valence-electron chi connectivity index (χ2n) is 6.02. The average molecular weight is 334 g/mol. The molecule has 4 rings (SSSR count). The fourth-order valence-corrected chi connectivity index (χ4v) is 2.82. The van der Waals surface area contributed by atoms with Gasteiger partial charge in [0.15, 0.2) is 11.5 Å². The van der Waals surface area contributed by atoms with Gasteiger partial charge in [-0.25, -0.2) is 15.0 Å². The number of phenols is 1. The quantitative estimate of drug-likeness (QED) is 0.612. The molecule has 1 aromatic carbocycles. The molecule has 0 bridgehead atoms. The summed E-state index contributed by atoms with van der Waals surface area (Å²) < 4.78 is 5.56. The third-order valence-electron chi connectivity index (χ3n) is 4.32. The van der Waals surface area contributed by atoms with Crippen molar-refractivity contribution >= 4 is 27.8 Å². The van der Waals surface area contributed by atoms with Gasteiger partial charge in [-0.1, -0.05) is 6.07 Å². The zero-order valence-electron chi connectivity index (χ0n) is 14.3. The van der Waals surface area contributed by atoms with Gasteiger partial charge < -0.3 is 14.4 Å². The number of fused-ring (bicyclic) bond motifs is 2. The number of aromatic hydroxyl groups is 1. The van der Waals surface area contributed by atoms with Gasteiger partial charge in [-0.2, -0.15) is 0 Å². The number of aryl methyl sites for hydroxylation is 1. The first kappa shape index (κ1) is 15.4. The molecule has 3 aromatic heterocycles. The molecule has 0 atom stereocenters. The lowest BCUT2D eigenvalue weighted by Crippen LogP contribution is -2.16. The second kappa shape index (κ2) is 5.73. The zero-order valence-corrected chi connectivity index (χ0v) is 14.3. The summed E-state index contributed by atoms with van der Waals surface area (Å²) in [6, 6.07) is 9.26. The molecule has 4 aromatic rings. The monoisotopic (exact) mass is 334 g/mol. The van der Waals surface area contributed by atoms with E-state index in [4.69, 9.17) is 4.42 Å². The van der Waals surface area contributed by atoms with E-state index < -0.39 is 0 Å². The van der Waals surface area contributed by atoms with Crippen molar-refractivity contribution in [3.05, 3.63) is 42.4 Å². The van der Waals surface area contributed by atoms with Crippen LogP contribution in [-0.4, -0.2) is 33.7 Å². The number of hydrogen-bond donors (Lipinski definition) is 1. The highest BCUT2D eigenvalue weighted by atomic mass is 16.3. The Kier molecular flexibility index (Phi) is 3.53. The largest absolute Gasteiger partial charge is 0.507 e. The minimum Gasteiger partial charge on any atom is -0.507 e. The van der Waals surface area contributed by atoms with Crippen molar-refractivity contribution in [3.63, 3.8) is 0 Å². The van der Waals surface area contributed by atoms with Gasteiger partial charge in [-0.15, -0.1) is 0 Å². The number of oxazole rings is 1. The first-order chi connectivity index (χ1) is 12.0. The predicted octanol–water partition coefficient (Wildman–Crippen LogP) is 3.91. The smallest absolute Gasteiger partial charge is 0.192 e. The van der Waals surface area contributed by atoms with E-state index in [9.17, 15) is 5.11 Å². The van der Waals surface area contributed by atoms with Crippen molar-refractivity contribution in [1.82, 2.24) is 15.0 Å². The van der Waals surface area contributed by atoms with E-state index in [1.807, 2.05) is 25.2 Å². The number of phenolic OH excluding ortho intramolecular Hbond substituents is 1. The standard InChI is InChI=1S/C19H18N4O2/c1-4-23(3)19-7-12-5-6-14(22-16(12)10-20-19)13-8-18-15(9-17(13)24)21-11(2)25-18/h5-10,24H,4H2,1-3H3. The summed E-state index contributed by atoms with van der Waals surface area (Å²) in [7, 11) is 2.00. The lowest BCUT2D eigenvalue weighted by molar-refractivity contribution is 0.477. The van der Waals surface area contributed by atoms with Crippen LogP contribution >= 0.6 is 0 Å². The average Bonchev–Trinajstić information content (AvgIpc) is 2.98. The molecule has 25 heavy (non-hydrogen) atoms. The van der Waals surface area contributed by atoms with Gasteiger partial charge >= 0.3 is 0 Å². The van der Waals surface area contributed by atoms with Crippen LogP contribution in [0.2, 0.25) is 0 Å². The Morgan fingerprint density at radius 3 is 2.76 bits per heavy atom. The Morgan fingerprint density at radius 2 is 1.96 bits per heavy atom. The van der Waals surface area contributed by atoms with Crippen LogP contribution in [0.3, 0.4) is 0 Å². The number of anilines is 1. The Hall–Kier alpha value is -3.15. The van der Waals surface area contributed by atoms with E-state index >= 15 is 0 Å². The van der Waals surface area contributed by atoms with Gasteiger partial charge in [0.2, 0.25) is 0 Å². The summed E-state index contributed by atoms with van der Waals surface area (Å²) in [5, 5.41) is 11.4. The maximum atomic E-state index is 10.3. The third-order valence-corrected chi connectivity index (χ3v) is 4.32. The summed E-state index contributed by atoms with van der Waals surface area (Å²) in [6.45, 7) is 4.74. The molecule has 0 saturated heterocycles. The van der Waals surface area contributed by atoms with Crippen molar-refractivity contribution < 1.29 is 9.52 Å². The van der Waals surface area contributed by atoms with Crippen LogP contribution in [0.5, 0.6) is 5.75 Å². The van der Waals surface area contributed by atoms with Crippen LogP contribution in [0.1, 0.15) is 12.8 Å². The van der Waals surface area contributed by atoms with Crippen LogP contribution in [-0.2, 0) is 0 Å². The van der Waals surface area contributed by atoms with Gasteiger partial charge in [0.05, 0.1) is 17.4 Å². The van der Waals surface area contributed by atoms with Crippen LogP contribution in [0.25, 0.3) is 33.3 Å². The van der Waals surface area contributed by atoms with Gasteiger partial charge in [0.25, 0.3) is 0 Å². The van der Waals surface area contributed by atoms with Crippen molar-refractivity contribution in [3.8, 4) is 17.0 Å². The Bertz CT molecular complexity index is 1090. The first-order valence-corrected chi connectivity index (χ1v) is 8.13. The fourth-order valence-electron chi connectivity index (χ4n) is 2.82. The molecular formula is C19H18N4O2. The Labute approximate surface area is 144 Å². The molecule has 6 nitrogen and oxygen atoms in total. The summed E-state index contributed by atoms with van der Waals surface area (Å²) in [5.74, 6) is 1.60. The van der Waals surface area contributed by atoms with Gasteiger partial charge in [0, 0.05) is 37.5 Å². The van der Waals surface area contributed by atoms with Gasteiger partial charge in [-0.3, -0.25) is 0 Å². The van der Waals surface area contributed by atoms with E-state index in [0.717, 1.165) is 23.3 Å². The van der Waals surface area contributed by atoms with E-state index in [0.29, 0.717) is 28.2 Å². The third kappa shape index (κ3) is 2.65. The summed E-state index contributed by atoms with van der Waals surface area (Å²) >= 11 is 0. The predicted molar refractivity (Wildman–Crippen MR) is 97.9 cm³/mol. The molecule has 0 spiro atoms. The van der Waals surface area contributed by atoms with Gasteiger partial charge in [0.1, 0.15) is 17.1 Å². The Balaban J connectivity index is 1.82. The van der Waals surface area contributed by atoms with Crippen LogP contribution in [0, 0.1) is 6.92 Å². The lowest BCUT2D eigenvalue weighted by Gasteiger charge is -2.15. The molecule has 0 aliphatic heterocycles. The number of pyridine rings is 2. The number of hydrogen-bond acceptors (Lipinski definition) is 6. The van der Waals surface area contributed by atoms with Crippen molar-refractivity contribution in [2.45, 2.75) is 13.8 Å². The number of nitrogens with zero attached hydrogens (tertiary/aromatic N) is 4. The molecule has 0 saturated carbocycles. The van der Waals surface area contributed by atoms with Gasteiger partial charge in [-0.05, 0) is 25.1 Å². The van der Waals surface area contributed by atoms with Crippen molar-refractivity contribution in [2.24, 2.45) is 0 Å². The van der Waals surface area contributed by atoms with Crippen LogP contribution < -0.4 is 4.90 Å². The summed E-state index contributed by atoms with van der Waals surface area (Å²) in [5.41, 5.74) is 3.32. The molecule has 126 valence electrons. The molecule has 0 aliphatic carbocycles. The van der Waals surface area contributed by atoms with E-state index in [-0.39, 0.29) is 5.75 Å². The molecule has 0 amide bonds. The van der Waals surface area contributed by atoms with Crippen LogP contribution in [0.15, 0.2) is 40.9 Å². The highest BCUT2D eigenvalue weighted by Crippen LogP contribution is 2.33. The SMILES string of the molecule is CCN(C)c1cc2ccc(-c3cc4oc(C)nc4cc3O)nc2cn1. The maximum Gasteiger partial charge on any atom is 0.192 e. The Morgan fingerprint density at radius 1 is 1.12 bits per heavy atom. The molecule has 1 N–H and O–H groups in total. The number of benzene rings is 1. The van der Waals surface area contributed by atoms with E-state index in [1.165, 1.54) is 0 Å². The zero-order chi connectivity index (χ0) is 17.6. The highest BCUT2D eigenvalue weighted by molar-refractivity contribution is 5.87. The first-order valence-electron chi connectivity index (χ1n) is 8.13. The van der Waals surface area contributed by atoms with E-state index in [2.05, 4.69) is 26.8 Å². The number of aromatic nitrogens is 3. The molecular weight excluding hydrogens is 316 g/mol. The topological polar surface area (TPSA) is 75.3 Å². The highest BCUT2D eigenvalue weighted by Gasteiger charge is 2.12. The van der Waals surface area contributed by atoms with Crippen molar-refractivity contribution in [2.75, 3.05) is 18.5 Å². The van der Waals surface area contributed by atoms with E-state index in [1.54, 1.807) is 25.3 Å². The van der Waals surface area contributed by atoms with Crippen LogP contribution in [0.4, 0.5) is 5.82 Å². The number of rotatable bonds is 3. The fraction of sp³-hybridized carbons (Fsp3) is 0.211. The lowest BCUT2D eigenvalue weighted by atomic mass is 10.1. The summed E-state index contributed by atoms with van der Waals surface area (Å²) in [4.78, 5) is 15.4. The minimum atomic E-state index is 0.128. The molecule has 3 heterocycles. The molecule has 0 radical (unpaired) electrons. The normalized spacial score (nSPS) is 11.3. The molecule has 0 unspecified atom stereocenters. The minimum absolute atomic E-state index is 0.128. The molecule has 0 aliphatic rings. The second-order valence-corrected chi connectivity index (χ2v) is 6.02.